The number of fused-ring (bicyclic) bond motifs is 2. The van der Waals surface area contributed by atoms with Crippen LogP contribution in [0, 0.1) is 13.8 Å². The number of halogens is 1. The second kappa shape index (κ2) is 10.8. The average Bonchev–Trinajstić information content (AvgIpc) is 2.87. The molecule has 0 saturated carbocycles. The van der Waals surface area contributed by atoms with Crippen LogP contribution < -0.4 is 15.5 Å². The van der Waals surface area contributed by atoms with Gasteiger partial charge in [-0.15, -0.1) is 12.4 Å². The standard InChI is InChI=1S/C31H35N3O.ClH/c1-4-5-10-25-19-26-18-23-11-6-7-12-24(23)20-27(26)30(29(25)31(32)35)34-16-14-33(15-17-34)28-13-8-9-21(2)22(28)3;/h6-9,11-13,18-20H,4-5,10,14-17H2,1-3H3,(H2,32,35);1H. The first kappa shape index (κ1) is 25.8. The number of hydrogen-bond acceptors (Lipinski definition) is 3. The zero-order valence-corrected chi connectivity index (χ0v) is 22.3. The van der Waals surface area contributed by atoms with Gasteiger partial charge >= 0.3 is 0 Å². The number of primary amides is 1. The third kappa shape index (κ3) is 4.75. The Hall–Kier alpha value is -3.24. The molecule has 0 unspecified atom stereocenters. The van der Waals surface area contributed by atoms with Gasteiger partial charge < -0.3 is 15.5 Å². The first-order valence-electron chi connectivity index (χ1n) is 12.8. The number of piperazine rings is 1. The fourth-order valence-corrected chi connectivity index (χ4v) is 5.55. The van der Waals surface area contributed by atoms with Gasteiger partial charge in [0, 0.05) is 37.3 Å². The second-order valence-electron chi connectivity index (χ2n) is 9.84. The fourth-order valence-electron chi connectivity index (χ4n) is 5.55. The van der Waals surface area contributed by atoms with Crippen molar-refractivity contribution in [2.45, 2.75) is 40.0 Å². The minimum atomic E-state index is -0.321. The van der Waals surface area contributed by atoms with Crippen LogP contribution in [0.25, 0.3) is 21.5 Å². The van der Waals surface area contributed by atoms with Crippen molar-refractivity contribution in [3.8, 4) is 0 Å². The molecule has 2 N–H and O–H groups in total. The predicted octanol–water partition coefficient (Wildman–Crippen LogP) is 6.80. The average molecular weight is 502 g/mol. The van der Waals surface area contributed by atoms with E-state index in [0.717, 1.165) is 62.1 Å². The Bertz CT molecular complexity index is 1410. The van der Waals surface area contributed by atoms with E-state index < -0.39 is 0 Å². The van der Waals surface area contributed by atoms with Gasteiger partial charge in [-0.3, -0.25) is 4.79 Å². The topological polar surface area (TPSA) is 49.6 Å². The van der Waals surface area contributed by atoms with E-state index in [-0.39, 0.29) is 18.3 Å². The third-order valence-corrected chi connectivity index (χ3v) is 7.62. The van der Waals surface area contributed by atoms with Gasteiger partial charge in [0.05, 0.1) is 11.3 Å². The molecule has 0 radical (unpaired) electrons. The van der Waals surface area contributed by atoms with Crippen LogP contribution in [-0.2, 0) is 6.42 Å². The number of rotatable bonds is 6. The quantitative estimate of drug-likeness (QED) is 0.295. The van der Waals surface area contributed by atoms with Crippen LogP contribution in [0.3, 0.4) is 0 Å². The lowest BCUT2D eigenvalue weighted by Gasteiger charge is -2.39. The molecule has 1 fully saturated rings. The molecule has 36 heavy (non-hydrogen) atoms. The molecular formula is C31H36ClN3O. The number of unbranched alkanes of at least 4 members (excludes halogenated alkanes) is 1. The lowest BCUT2D eigenvalue weighted by atomic mass is 9.92. The lowest BCUT2D eigenvalue weighted by molar-refractivity contribution is 0.1000. The van der Waals surface area contributed by atoms with Crippen molar-refractivity contribution in [3.63, 3.8) is 0 Å². The first-order chi connectivity index (χ1) is 17.0. The number of carbonyl (C=O) groups excluding carboxylic acids is 1. The summed E-state index contributed by atoms with van der Waals surface area (Å²) in [4.78, 5) is 17.8. The Morgan fingerprint density at radius 1 is 0.861 bits per heavy atom. The summed E-state index contributed by atoms with van der Waals surface area (Å²) in [6, 6.07) is 21.7. The van der Waals surface area contributed by atoms with Crippen molar-refractivity contribution < 1.29 is 4.79 Å². The Labute approximate surface area is 220 Å². The van der Waals surface area contributed by atoms with E-state index in [1.165, 1.54) is 33.0 Å². The summed E-state index contributed by atoms with van der Waals surface area (Å²) in [7, 11) is 0. The van der Waals surface area contributed by atoms with Gasteiger partial charge in [0.2, 0.25) is 0 Å². The molecule has 1 heterocycles. The highest BCUT2D eigenvalue weighted by atomic mass is 35.5. The molecule has 4 aromatic carbocycles. The molecule has 1 saturated heterocycles. The number of aryl methyl sites for hydroxylation is 2. The number of carbonyl (C=O) groups is 1. The minimum Gasteiger partial charge on any atom is -0.368 e. The Kier molecular flexibility index (Phi) is 7.75. The van der Waals surface area contributed by atoms with Crippen LogP contribution in [-0.4, -0.2) is 32.1 Å². The SMILES string of the molecule is CCCCc1cc2cc3ccccc3cc2c(N2CCN(c3cccc(C)c3C)CC2)c1C(N)=O.Cl. The van der Waals surface area contributed by atoms with Gasteiger partial charge in [0.15, 0.2) is 0 Å². The summed E-state index contributed by atoms with van der Waals surface area (Å²) in [5.74, 6) is -0.321. The molecule has 1 aliphatic rings. The van der Waals surface area contributed by atoms with E-state index in [2.05, 4.69) is 91.2 Å². The highest BCUT2D eigenvalue weighted by molar-refractivity contribution is 6.12. The van der Waals surface area contributed by atoms with Crippen molar-refractivity contribution >= 4 is 51.2 Å². The predicted molar refractivity (Wildman–Crippen MR) is 156 cm³/mol. The maximum Gasteiger partial charge on any atom is 0.251 e. The summed E-state index contributed by atoms with van der Waals surface area (Å²) in [5, 5.41) is 4.72. The molecule has 0 atom stereocenters. The lowest BCUT2D eigenvalue weighted by Crippen LogP contribution is -2.47. The number of nitrogens with zero attached hydrogens (tertiary/aromatic N) is 2. The number of anilines is 2. The van der Waals surface area contributed by atoms with Crippen LogP contribution >= 0.6 is 12.4 Å². The minimum absolute atomic E-state index is 0. The first-order valence-corrected chi connectivity index (χ1v) is 12.8. The molecule has 0 bridgehead atoms. The van der Waals surface area contributed by atoms with Gasteiger partial charge in [0.25, 0.3) is 5.91 Å². The van der Waals surface area contributed by atoms with Crippen molar-refractivity contribution in [2.75, 3.05) is 36.0 Å². The molecule has 5 rings (SSSR count). The summed E-state index contributed by atoms with van der Waals surface area (Å²) in [6.45, 7) is 10.1. The van der Waals surface area contributed by atoms with Gasteiger partial charge in [-0.1, -0.05) is 55.8 Å². The summed E-state index contributed by atoms with van der Waals surface area (Å²) in [5.41, 5.74) is 12.9. The fraction of sp³-hybridized carbons (Fsp3) is 0.323. The highest BCUT2D eigenvalue weighted by Crippen LogP contribution is 2.38. The molecule has 1 aliphatic heterocycles. The molecule has 0 aromatic heterocycles. The summed E-state index contributed by atoms with van der Waals surface area (Å²) >= 11 is 0. The van der Waals surface area contributed by atoms with Gasteiger partial charge in [-0.2, -0.15) is 0 Å². The third-order valence-electron chi connectivity index (χ3n) is 7.62. The molecule has 188 valence electrons. The largest absolute Gasteiger partial charge is 0.368 e. The molecular weight excluding hydrogens is 466 g/mol. The molecule has 0 aliphatic carbocycles. The maximum atomic E-state index is 12.9. The molecule has 0 spiro atoms. The Balaban J connectivity index is 0.00000304. The van der Waals surface area contributed by atoms with Gasteiger partial charge in [0.1, 0.15) is 0 Å². The van der Waals surface area contributed by atoms with E-state index in [0.29, 0.717) is 5.56 Å². The molecule has 4 nitrogen and oxygen atoms in total. The van der Waals surface area contributed by atoms with E-state index in [1.54, 1.807) is 0 Å². The van der Waals surface area contributed by atoms with Crippen LogP contribution in [0.2, 0.25) is 0 Å². The molecule has 4 aromatic rings. The second-order valence-corrected chi connectivity index (χ2v) is 9.84. The van der Waals surface area contributed by atoms with Crippen LogP contribution in [0.15, 0.2) is 60.7 Å². The van der Waals surface area contributed by atoms with Gasteiger partial charge in [-0.05, 0) is 77.7 Å². The van der Waals surface area contributed by atoms with Crippen LogP contribution in [0.5, 0.6) is 0 Å². The smallest absolute Gasteiger partial charge is 0.251 e. The number of amides is 1. The highest BCUT2D eigenvalue weighted by Gasteiger charge is 2.26. The van der Waals surface area contributed by atoms with Crippen molar-refractivity contribution in [1.29, 1.82) is 0 Å². The maximum absolute atomic E-state index is 12.9. The monoisotopic (exact) mass is 501 g/mol. The number of benzene rings is 4. The van der Waals surface area contributed by atoms with E-state index in [4.69, 9.17) is 5.73 Å². The zero-order chi connectivity index (χ0) is 24.5. The van der Waals surface area contributed by atoms with E-state index in [9.17, 15) is 4.79 Å². The van der Waals surface area contributed by atoms with Crippen molar-refractivity contribution in [3.05, 3.63) is 82.9 Å². The summed E-state index contributed by atoms with van der Waals surface area (Å²) in [6.07, 6.45) is 2.99. The van der Waals surface area contributed by atoms with E-state index >= 15 is 0 Å². The zero-order valence-electron chi connectivity index (χ0n) is 21.5. The van der Waals surface area contributed by atoms with Crippen molar-refractivity contribution in [1.82, 2.24) is 0 Å². The van der Waals surface area contributed by atoms with E-state index in [1.807, 2.05) is 0 Å². The Morgan fingerprint density at radius 2 is 1.53 bits per heavy atom. The number of hydrogen-bond donors (Lipinski definition) is 1. The molecule has 1 amide bonds. The van der Waals surface area contributed by atoms with Crippen LogP contribution in [0.4, 0.5) is 11.4 Å². The summed E-state index contributed by atoms with van der Waals surface area (Å²) < 4.78 is 0. The normalized spacial score (nSPS) is 13.8. The van der Waals surface area contributed by atoms with Crippen LogP contribution in [0.1, 0.15) is 46.8 Å². The number of nitrogens with two attached hydrogens (primary N) is 1. The van der Waals surface area contributed by atoms with Gasteiger partial charge in [-0.25, -0.2) is 0 Å². The van der Waals surface area contributed by atoms with Crippen molar-refractivity contribution in [2.24, 2.45) is 5.73 Å². The molecule has 5 heteroatoms. The Morgan fingerprint density at radius 3 is 2.19 bits per heavy atom.